The number of aryl methyl sites for hydroxylation is 1. The average Bonchev–Trinajstić information content (AvgIpc) is 2.78. The van der Waals surface area contributed by atoms with Gasteiger partial charge in [-0.2, -0.15) is 0 Å². The first-order chi connectivity index (χ1) is 8.83. The smallest absolute Gasteiger partial charge is 0.134 e. The fraction of sp³-hybridized carbons (Fsp3) is 0.467. The van der Waals surface area contributed by atoms with Crippen molar-refractivity contribution in [1.82, 2.24) is 10.2 Å². The summed E-state index contributed by atoms with van der Waals surface area (Å²) in [7, 11) is 0. The van der Waals surface area contributed by atoms with Crippen molar-refractivity contribution < 1.29 is 4.42 Å². The minimum atomic E-state index is 1.000. The number of nitrogens with zero attached hydrogens (tertiary/aromatic N) is 1. The van der Waals surface area contributed by atoms with Crippen molar-refractivity contribution in [3.63, 3.8) is 0 Å². The maximum atomic E-state index is 5.68. The predicted octanol–water partition coefficient (Wildman–Crippen LogP) is 2.19. The maximum absolute atomic E-state index is 5.68. The van der Waals surface area contributed by atoms with Gasteiger partial charge in [0.15, 0.2) is 0 Å². The second-order valence-corrected chi connectivity index (χ2v) is 5.03. The van der Waals surface area contributed by atoms with Crippen LogP contribution in [0.3, 0.4) is 0 Å². The number of hydrogen-bond donors (Lipinski definition) is 1. The number of piperazine rings is 1. The summed E-state index contributed by atoms with van der Waals surface area (Å²) in [6.45, 7) is 7.73. The van der Waals surface area contributed by atoms with E-state index in [9.17, 15) is 0 Å². The van der Waals surface area contributed by atoms with Crippen LogP contribution in [-0.2, 0) is 6.42 Å². The van der Waals surface area contributed by atoms with Crippen molar-refractivity contribution in [2.75, 3.05) is 32.7 Å². The van der Waals surface area contributed by atoms with Gasteiger partial charge in [-0.25, -0.2) is 0 Å². The lowest BCUT2D eigenvalue weighted by Gasteiger charge is -2.27. The second-order valence-electron chi connectivity index (χ2n) is 5.03. The highest BCUT2D eigenvalue weighted by Gasteiger charge is 2.11. The Hall–Kier alpha value is -1.32. The van der Waals surface area contributed by atoms with Gasteiger partial charge < -0.3 is 14.6 Å². The number of nitrogens with one attached hydrogen (secondary N) is 1. The monoisotopic (exact) mass is 244 g/mol. The zero-order valence-corrected chi connectivity index (χ0v) is 10.9. The molecular formula is C15H20N2O. The third-order valence-electron chi connectivity index (χ3n) is 3.68. The third-order valence-corrected chi connectivity index (χ3v) is 3.68. The number of hydrogen-bond acceptors (Lipinski definition) is 3. The molecular weight excluding hydrogens is 224 g/mol. The Kier molecular flexibility index (Phi) is 3.35. The van der Waals surface area contributed by atoms with E-state index in [1.54, 1.807) is 0 Å². The Morgan fingerprint density at radius 2 is 2.11 bits per heavy atom. The second kappa shape index (κ2) is 5.12. The minimum absolute atomic E-state index is 1.000. The summed E-state index contributed by atoms with van der Waals surface area (Å²) in [5, 5.41) is 4.67. The van der Waals surface area contributed by atoms with Gasteiger partial charge in [0, 0.05) is 38.1 Å². The van der Waals surface area contributed by atoms with E-state index in [2.05, 4.69) is 34.5 Å². The van der Waals surface area contributed by atoms with Gasteiger partial charge in [0.1, 0.15) is 11.3 Å². The molecule has 0 saturated carbocycles. The SMILES string of the molecule is Cc1cc2c(CCN3CCNCC3)cccc2o1. The molecule has 3 heteroatoms. The molecule has 1 aliphatic rings. The van der Waals surface area contributed by atoms with E-state index in [0.717, 1.165) is 37.4 Å². The molecule has 3 rings (SSSR count). The van der Waals surface area contributed by atoms with Gasteiger partial charge in [-0.05, 0) is 31.0 Å². The van der Waals surface area contributed by atoms with E-state index in [-0.39, 0.29) is 0 Å². The lowest BCUT2D eigenvalue weighted by Crippen LogP contribution is -2.44. The van der Waals surface area contributed by atoms with Crippen molar-refractivity contribution in [2.24, 2.45) is 0 Å². The molecule has 18 heavy (non-hydrogen) atoms. The molecule has 2 heterocycles. The summed E-state index contributed by atoms with van der Waals surface area (Å²) >= 11 is 0. The minimum Gasteiger partial charge on any atom is -0.461 e. The molecule has 0 unspecified atom stereocenters. The number of fused-ring (bicyclic) bond motifs is 1. The lowest BCUT2D eigenvalue weighted by molar-refractivity contribution is 0.244. The van der Waals surface area contributed by atoms with Crippen LogP contribution in [0.5, 0.6) is 0 Å². The van der Waals surface area contributed by atoms with Crippen LogP contribution >= 0.6 is 0 Å². The Morgan fingerprint density at radius 3 is 2.94 bits per heavy atom. The van der Waals surface area contributed by atoms with Crippen molar-refractivity contribution in [2.45, 2.75) is 13.3 Å². The first-order valence-corrected chi connectivity index (χ1v) is 6.74. The predicted molar refractivity (Wildman–Crippen MR) is 74.0 cm³/mol. The molecule has 0 amide bonds. The topological polar surface area (TPSA) is 28.4 Å². The quantitative estimate of drug-likeness (QED) is 0.897. The summed E-state index contributed by atoms with van der Waals surface area (Å²) in [6.07, 6.45) is 1.11. The molecule has 3 nitrogen and oxygen atoms in total. The van der Waals surface area contributed by atoms with Gasteiger partial charge in [0.25, 0.3) is 0 Å². The first kappa shape index (κ1) is 11.8. The van der Waals surface area contributed by atoms with Gasteiger partial charge in [0.05, 0.1) is 0 Å². The van der Waals surface area contributed by atoms with Crippen LogP contribution in [0.25, 0.3) is 11.0 Å². The molecule has 1 fully saturated rings. The van der Waals surface area contributed by atoms with E-state index >= 15 is 0 Å². The van der Waals surface area contributed by atoms with Crippen LogP contribution in [0.1, 0.15) is 11.3 Å². The molecule has 1 N–H and O–H groups in total. The molecule has 1 aromatic carbocycles. The number of benzene rings is 1. The van der Waals surface area contributed by atoms with Crippen LogP contribution in [-0.4, -0.2) is 37.6 Å². The number of furan rings is 1. The van der Waals surface area contributed by atoms with Crippen molar-refractivity contribution in [3.8, 4) is 0 Å². The molecule has 0 atom stereocenters. The fourth-order valence-electron chi connectivity index (χ4n) is 2.68. The molecule has 96 valence electrons. The van der Waals surface area contributed by atoms with Crippen LogP contribution in [0.4, 0.5) is 0 Å². The van der Waals surface area contributed by atoms with E-state index in [0.29, 0.717) is 0 Å². The zero-order chi connectivity index (χ0) is 12.4. The maximum Gasteiger partial charge on any atom is 0.134 e. The van der Waals surface area contributed by atoms with Gasteiger partial charge in [-0.1, -0.05) is 12.1 Å². The summed E-state index contributed by atoms with van der Waals surface area (Å²) in [6, 6.07) is 8.52. The van der Waals surface area contributed by atoms with Crippen LogP contribution in [0.15, 0.2) is 28.7 Å². The average molecular weight is 244 g/mol. The van der Waals surface area contributed by atoms with E-state index in [4.69, 9.17) is 4.42 Å². The fourth-order valence-corrected chi connectivity index (χ4v) is 2.68. The Bertz CT molecular complexity index is 526. The van der Waals surface area contributed by atoms with E-state index in [1.807, 2.05) is 6.92 Å². The van der Waals surface area contributed by atoms with E-state index < -0.39 is 0 Å². The zero-order valence-electron chi connectivity index (χ0n) is 10.9. The molecule has 2 aromatic rings. The molecule has 1 aromatic heterocycles. The Balaban J connectivity index is 1.73. The van der Waals surface area contributed by atoms with Crippen molar-refractivity contribution >= 4 is 11.0 Å². The normalized spacial score (nSPS) is 17.4. The molecule has 0 aliphatic carbocycles. The third kappa shape index (κ3) is 2.42. The largest absolute Gasteiger partial charge is 0.461 e. The Labute approximate surface area is 108 Å². The lowest BCUT2D eigenvalue weighted by atomic mass is 10.1. The summed E-state index contributed by atoms with van der Waals surface area (Å²) in [4.78, 5) is 2.53. The van der Waals surface area contributed by atoms with Gasteiger partial charge >= 0.3 is 0 Å². The highest BCUT2D eigenvalue weighted by atomic mass is 16.3. The summed E-state index contributed by atoms with van der Waals surface area (Å²) < 4.78 is 5.68. The van der Waals surface area contributed by atoms with Gasteiger partial charge in [-0.15, -0.1) is 0 Å². The van der Waals surface area contributed by atoms with Gasteiger partial charge in [-0.3, -0.25) is 0 Å². The highest BCUT2D eigenvalue weighted by Crippen LogP contribution is 2.23. The van der Waals surface area contributed by atoms with Crippen molar-refractivity contribution in [3.05, 3.63) is 35.6 Å². The Morgan fingerprint density at radius 1 is 1.28 bits per heavy atom. The molecule has 1 saturated heterocycles. The van der Waals surface area contributed by atoms with Gasteiger partial charge in [0.2, 0.25) is 0 Å². The molecule has 1 aliphatic heterocycles. The van der Waals surface area contributed by atoms with Crippen molar-refractivity contribution in [1.29, 1.82) is 0 Å². The molecule has 0 bridgehead atoms. The highest BCUT2D eigenvalue weighted by molar-refractivity contribution is 5.81. The van der Waals surface area contributed by atoms with Crippen LogP contribution in [0.2, 0.25) is 0 Å². The molecule has 0 spiro atoms. The number of rotatable bonds is 3. The summed E-state index contributed by atoms with van der Waals surface area (Å²) in [5.41, 5.74) is 2.42. The summed E-state index contributed by atoms with van der Waals surface area (Å²) in [5.74, 6) is 1.000. The van der Waals surface area contributed by atoms with Crippen LogP contribution in [0, 0.1) is 6.92 Å². The molecule has 0 radical (unpaired) electrons. The van der Waals surface area contributed by atoms with E-state index in [1.165, 1.54) is 24.0 Å². The first-order valence-electron chi connectivity index (χ1n) is 6.74. The standard InChI is InChI=1S/C15H20N2O/c1-12-11-14-13(3-2-4-15(14)18-12)5-8-17-9-6-16-7-10-17/h2-4,11,16H,5-10H2,1H3. The van der Waals surface area contributed by atoms with Crippen LogP contribution < -0.4 is 5.32 Å².